The molecule has 1 aromatic heterocycles. The molecular weight excluding hydrogens is 270 g/mol. The molecule has 0 radical (unpaired) electrons. The van der Waals surface area contributed by atoms with Crippen molar-refractivity contribution in [3.8, 4) is 0 Å². The summed E-state index contributed by atoms with van der Waals surface area (Å²) in [6.07, 6.45) is 7.19. The topological polar surface area (TPSA) is 68.0 Å². The zero-order chi connectivity index (χ0) is 13.9. The minimum Gasteiger partial charge on any atom is -0.353 e. The molecule has 20 heavy (non-hydrogen) atoms. The van der Waals surface area contributed by atoms with Crippen LogP contribution in [0.1, 0.15) is 44.2 Å². The Balaban J connectivity index is 1.53. The minimum absolute atomic E-state index is 0.176. The van der Waals surface area contributed by atoms with E-state index in [0.29, 0.717) is 30.3 Å². The normalized spacial score (nSPS) is 32.9. The fraction of sp³-hybridized carbons (Fsp3) is 0.733. The molecule has 110 valence electrons. The van der Waals surface area contributed by atoms with E-state index < -0.39 is 0 Å². The largest absolute Gasteiger partial charge is 0.353 e. The van der Waals surface area contributed by atoms with Gasteiger partial charge in [-0.15, -0.1) is 11.3 Å². The molecule has 0 saturated heterocycles. The standard InChI is InChI=1S/C15H23N3OS/c16-12-6-10-2-1-3-11(7-12)15(10)18-14(19)5-4-13-8-20-9-17-13/h8-12,15H,1-7,16H2,(H,18,19). The lowest BCUT2D eigenvalue weighted by molar-refractivity contribution is -0.123. The molecule has 2 bridgehead atoms. The Labute approximate surface area is 124 Å². The van der Waals surface area contributed by atoms with E-state index in [9.17, 15) is 4.79 Å². The van der Waals surface area contributed by atoms with Gasteiger partial charge in [0.05, 0.1) is 11.2 Å². The van der Waals surface area contributed by atoms with Crippen LogP contribution in [0, 0.1) is 11.8 Å². The summed E-state index contributed by atoms with van der Waals surface area (Å²) in [5, 5.41) is 5.30. The highest BCUT2D eigenvalue weighted by Gasteiger charge is 2.39. The SMILES string of the molecule is NC1CC2CCCC(C1)C2NC(=O)CCc1cscn1. The highest BCUT2D eigenvalue weighted by Crippen LogP contribution is 2.39. The van der Waals surface area contributed by atoms with Crippen LogP contribution in [0.25, 0.3) is 0 Å². The fourth-order valence-electron chi connectivity index (χ4n) is 3.89. The van der Waals surface area contributed by atoms with Gasteiger partial charge in [-0.05, 0) is 43.9 Å². The molecule has 2 unspecified atom stereocenters. The average Bonchev–Trinajstić information content (AvgIpc) is 2.91. The molecule has 4 nitrogen and oxygen atoms in total. The van der Waals surface area contributed by atoms with E-state index in [4.69, 9.17) is 5.73 Å². The molecule has 0 spiro atoms. The second-order valence-corrected chi connectivity index (χ2v) is 6.97. The number of amides is 1. The molecule has 2 aliphatic carbocycles. The Bertz CT molecular complexity index is 434. The predicted molar refractivity (Wildman–Crippen MR) is 80.4 cm³/mol. The second-order valence-electron chi connectivity index (χ2n) is 6.26. The Morgan fingerprint density at radius 3 is 2.80 bits per heavy atom. The van der Waals surface area contributed by atoms with Gasteiger partial charge in [0.15, 0.2) is 0 Å². The van der Waals surface area contributed by atoms with Gasteiger partial charge in [-0.25, -0.2) is 4.98 Å². The Kier molecular flexibility index (Phi) is 4.36. The van der Waals surface area contributed by atoms with Crippen molar-refractivity contribution in [3.63, 3.8) is 0 Å². The number of nitrogens with one attached hydrogen (secondary N) is 1. The maximum Gasteiger partial charge on any atom is 0.220 e. The Hall–Kier alpha value is -0.940. The lowest BCUT2D eigenvalue weighted by Crippen LogP contribution is -2.53. The first-order chi connectivity index (χ1) is 9.72. The van der Waals surface area contributed by atoms with Crippen LogP contribution in [-0.2, 0) is 11.2 Å². The number of carbonyl (C=O) groups excluding carboxylic acids is 1. The van der Waals surface area contributed by atoms with Gasteiger partial charge in [0.25, 0.3) is 0 Å². The van der Waals surface area contributed by atoms with Crippen molar-refractivity contribution in [3.05, 3.63) is 16.6 Å². The van der Waals surface area contributed by atoms with Crippen molar-refractivity contribution in [1.29, 1.82) is 0 Å². The second kappa shape index (κ2) is 6.22. The van der Waals surface area contributed by atoms with E-state index in [1.54, 1.807) is 11.3 Å². The van der Waals surface area contributed by atoms with Crippen LogP contribution in [0.4, 0.5) is 0 Å². The van der Waals surface area contributed by atoms with Crippen molar-refractivity contribution in [2.45, 2.75) is 57.0 Å². The molecule has 2 aliphatic rings. The maximum atomic E-state index is 12.2. The number of aryl methyl sites for hydroxylation is 1. The number of carbonyl (C=O) groups is 1. The molecule has 3 rings (SSSR count). The molecule has 2 saturated carbocycles. The number of hydrogen-bond acceptors (Lipinski definition) is 4. The van der Waals surface area contributed by atoms with Crippen LogP contribution in [0.3, 0.4) is 0 Å². The number of aromatic nitrogens is 1. The summed E-state index contributed by atoms with van der Waals surface area (Å²) in [5.74, 6) is 1.37. The zero-order valence-corrected chi connectivity index (χ0v) is 12.6. The smallest absolute Gasteiger partial charge is 0.220 e. The molecule has 2 atom stereocenters. The number of fused-ring (bicyclic) bond motifs is 2. The van der Waals surface area contributed by atoms with E-state index in [1.807, 2.05) is 10.9 Å². The molecule has 0 aromatic carbocycles. The monoisotopic (exact) mass is 293 g/mol. The van der Waals surface area contributed by atoms with Crippen molar-refractivity contribution < 1.29 is 4.79 Å². The van der Waals surface area contributed by atoms with Crippen LogP contribution in [0.15, 0.2) is 10.9 Å². The zero-order valence-electron chi connectivity index (χ0n) is 11.8. The van der Waals surface area contributed by atoms with Gasteiger partial charge in [-0.2, -0.15) is 0 Å². The predicted octanol–water partition coefficient (Wildman–Crippen LogP) is 2.10. The summed E-state index contributed by atoms with van der Waals surface area (Å²) in [5.41, 5.74) is 8.96. The number of hydrogen-bond donors (Lipinski definition) is 2. The van der Waals surface area contributed by atoms with Crippen LogP contribution >= 0.6 is 11.3 Å². The summed E-state index contributed by atoms with van der Waals surface area (Å²) >= 11 is 1.58. The molecule has 3 N–H and O–H groups in total. The lowest BCUT2D eigenvalue weighted by atomic mass is 9.67. The van der Waals surface area contributed by atoms with Crippen molar-refractivity contribution in [2.24, 2.45) is 17.6 Å². The average molecular weight is 293 g/mol. The Morgan fingerprint density at radius 2 is 2.15 bits per heavy atom. The van der Waals surface area contributed by atoms with Crippen molar-refractivity contribution >= 4 is 17.2 Å². The number of thiazole rings is 1. The summed E-state index contributed by atoms with van der Waals surface area (Å²) in [4.78, 5) is 16.4. The molecule has 1 heterocycles. The first kappa shape index (κ1) is 14.0. The van der Waals surface area contributed by atoms with E-state index in [2.05, 4.69) is 10.3 Å². The van der Waals surface area contributed by atoms with Crippen LogP contribution in [0.2, 0.25) is 0 Å². The van der Waals surface area contributed by atoms with Gasteiger partial charge >= 0.3 is 0 Å². The first-order valence-corrected chi connectivity index (χ1v) is 8.58. The van der Waals surface area contributed by atoms with Crippen molar-refractivity contribution in [1.82, 2.24) is 10.3 Å². The van der Waals surface area contributed by atoms with Crippen molar-refractivity contribution in [2.75, 3.05) is 0 Å². The van der Waals surface area contributed by atoms with Gasteiger partial charge in [0.2, 0.25) is 5.91 Å². The number of nitrogens with zero attached hydrogens (tertiary/aromatic N) is 1. The lowest BCUT2D eigenvalue weighted by Gasteiger charge is -2.45. The third-order valence-electron chi connectivity index (χ3n) is 4.80. The third kappa shape index (κ3) is 3.20. The summed E-state index contributed by atoms with van der Waals surface area (Å²) in [6.45, 7) is 0. The maximum absolute atomic E-state index is 12.2. The van der Waals surface area contributed by atoms with Gasteiger partial charge in [-0.3, -0.25) is 4.79 Å². The van der Waals surface area contributed by atoms with Gasteiger partial charge < -0.3 is 11.1 Å². The quantitative estimate of drug-likeness (QED) is 0.893. The Morgan fingerprint density at radius 1 is 1.40 bits per heavy atom. The number of nitrogens with two attached hydrogens (primary N) is 1. The molecule has 1 amide bonds. The van der Waals surface area contributed by atoms with Crippen LogP contribution in [0.5, 0.6) is 0 Å². The van der Waals surface area contributed by atoms with Gasteiger partial charge in [0.1, 0.15) is 0 Å². The van der Waals surface area contributed by atoms with E-state index in [-0.39, 0.29) is 5.91 Å². The van der Waals surface area contributed by atoms with Gasteiger partial charge in [-0.1, -0.05) is 6.42 Å². The van der Waals surface area contributed by atoms with Crippen LogP contribution in [-0.4, -0.2) is 23.0 Å². The summed E-state index contributed by atoms with van der Waals surface area (Å²) in [6, 6.07) is 0.708. The first-order valence-electron chi connectivity index (χ1n) is 7.64. The van der Waals surface area contributed by atoms with E-state index in [0.717, 1.165) is 25.0 Å². The van der Waals surface area contributed by atoms with E-state index >= 15 is 0 Å². The fourth-order valence-corrected chi connectivity index (χ4v) is 4.48. The van der Waals surface area contributed by atoms with Crippen LogP contribution < -0.4 is 11.1 Å². The molecule has 5 heteroatoms. The number of rotatable bonds is 4. The van der Waals surface area contributed by atoms with E-state index in [1.165, 1.54) is 19.3 Å². The molecule has 1 aromatic rings. The molecule has 0 aliphatic heterocycles. The minimum atomic E-state index is 0.176. The molecular formula is C15H23N3OS. The summed E-state index contributed by atoms with van der Waals surface area (Å²) < 4.78 is 0. The molecule has 2 fully saturated rings. The van der Waals surface area contributed by atoms with Gasteiger partial charge in [0, 0.05) is 23.9 Å². The highest BCUT2D eigenvalue weighted by atomic mass is 32.1. The summed E-state index contributed by atoms with van der Waals surface area (Å²) in [7, 11) is 0. The third-order valence-corrected chi connectivity index (χ3v) is 5.43. The highest BCUT2D eigenvalue weighted by molar-refractivity contribution is 7.07.